The number of likely N-dealkylation sites (tertiary alicyclic amines) is 1. The molecule has 0 unspecified atom stereocenters. The van der Waals surface area contributed by atoms with Crippen molar-refractivity contribution in [1.82, 2.24) is 9.80 Å². The monoisotopic (exact) mass is 600 g/mol. The van der Waals surface area contributed by atoms with Crippen molar-refractivity contribution in [3.05, 3.63) is 105 Å². The average molecular weight is 601 g/mol. The zero-order valence-electron chi connectivity index (χ0n) is 25.7. The van der Waals surface area contributed by atoms with Crippen molar-refractivity contribution in [3.63, 3.8) is 0 Å². The lowest BCUT2D eigenvalue weighted by atomic mass is 9.84. The number of carbonyl (C=O) groups excluding carboxylic acids is 1. The molecule has 0 aliphatic carbocycles. The molecule has 2 heterocycles. The van der Waals surface area contributed by atoms with Gasteiger partial charge in [-0.2, -0.15) is 0 Å². The first-order valence-electron chi connectivity index (χ1n) is 15.8. The van der Waals surface area contributed by atoms with E-state index in [0.717, 1.165) is 86.7 Å². The van der Waals surface area contributed by atoms with Crippen LogP contribution in [-0.2, 0) is 36.1 Å². The molecule has 2 aliphatic heterocycles. The van der Waals surface area contributed by atoms with Crippen molar-refractivity contribution in [1.29, 1.82) is 0 Å². The van der Waals surface area contributed by atoms with Crippen LogP contribution in [-0.4, -0.2) is 52.8 Å². The fourth-order valence-electron chi connectivity index (χ4n) is 6.54. The number of rotatable bonds is 11. The second-order valence-corrected chi connectivity index (χ2v) is 13.4. The van der Waals surface area contributed by atoms with E-state index in [1.165, 1.54) is 29.5 Å². The van der Waals surface area contributed by atoms with E-state index in [1.807, 2.05) is 36.4 Å². The lowest BCUT2D eigenvalue weighted by Gasteiger charge is -2.32. The number of benzene rings is 3. The second kappa shape index (κ2) is 14.2. The maximum atomic E-state index is 13.1. The van der Waals surface area contributed by atoms with Crippen LogP contribution in [0.4, 0.5) is 0 Å². The van der Waals surface area contributed by atoms with E-state index in [2.05, 4.69) is 40.1 Å². The van der Waals surface area contributed by atoms with Crippen molar-refractivity contribution in [2.24, 2.45) is 5.92 Å². The van der Waals surface area contributed by atoms with Gasteiger partial charge >= 0.3 is 5.97 Å². The van der Waals surface area contributed by atoms with Gasteiger partial charge in [0.2, 0.25) is 0 Å². The van der Waals surface area contributed by atoms with Gasteiger partial charge in [-0.15, -0.1) is 0 Å². The highest BCUT2D eigenvalue weighted by Gasteiger charge is 2.29. The molecule has 1 N–H and O–H groups in total. The van der Waals surface area contributed by atoms with Crippen LogP contribution in [0.15, 0.2) is 66.7 Å². The summed E-state index contributed by atoms with van der Waals surface area (Å²) in [5.74, 6) is 0.147. The van der Waals surface area contributed by atoms with E-state index >= 15 is 0 Å². The molecule has 3 aromatic carbocycles. The predicted molar refractivity (Wildman–Crippen MR) is 174 cm³/mol. The second-order valence-electron chi connectivity index (χ2n) is 13.0. The molecule has 0 spiro atoms. The van der Waals surface area contributed by atoms with E-state index in [-0.39, 0.29) is 5.78 Å². The molecule has 0 atom stereocenters. The Morgan fingerprint density at radius 3 is 2.33 bits per heavy atom. The standard InChI is InChI=1S/C37H45ClN2O3/c1-37(2,36(42)43)33-10-5-8-28(23-33)25-39-21-17-29-13-14-31(24-30(29)18-22-39)35(41)12-6-7-27-15-19-40(20-16-27)26-32-9-3-4-11-34(32)38/h3-5,8-11,13-14,23-24,27H,6-7,12,15-22,25-26H2,1-2H3,(H,42,43). The number of carboxylic acid groups (broad SMARTS) is 1. The van der Waals surface area contributed by atoms with Crippen LogP contribution < -0.4 is 0 Å². The van der Waals surface area contributed by atoms with Gasteiger partial charge in [0.25, 0.3) is 0 Å². The molecule has 3 aromatic rings. The number of Topliss-reactive ketones (excluding diaryl/α,β-unsaturated/α-hetero) is 1. The molecule has 0 radical (unpaired) electrons. The fourth-order valence-corrected chi connectivity index (χ4v) is 6.74. The van der Waals surface area contributed by atoms with Gasteiger partial charge in [-0.3, -0.25) is 19.4 Å². The number of hydrogen-bond donors (Lipinski definition) is 1. The molecule has 0 amide bonds. The van der Waals surface area contributed by atoms with Crippen LogP contribution in [0.1, 0.15) is 84.1 Å². The summed E-state index contributed by atoms with van der Waals surface area (Å²) in [6.07, 6.45) is 6.95. The summed E-state index contributed by atoms with van der Waals surface area (Å²) in [5.41, 5.74) is 5.74. The summed E-state index contributed by atoms with van der Waals surface area (Å²) in [5, 5.41) is 10.5. The van der Waals surface area contributed by atoms with E-state index in [4.69, 9.17) is 11.6 Å². The number of piperidine rings is 1. The molecular weight excluding hydrogens is 556 g/mol. The Kier molecular flexibility index (Phi) is 10.4. The van der Waals surface area contributed by atoms with Crippen molar-refractivity contribution in [2.45, 2.75) is 77.3 Å². The first kappa shape index (κ1) is 31.4. The quantitative estimate of drug-likeness (QED) is 0.230. The number of aliphatic carboxylic acids is 1. The topological polar surface area (TPSA) is 60.9 Å². The number of carbonyl (C=O) groups is 2. The minimum Gasteiger partial charge on any atom is -0.481 e. The summed E-state index contributed by atoms with van der Waals surface area (Å²) in [6, 6.07) is 22.4. The first-order valence-corrected chi connectivity index (χ1v) is 16.2. The third-order valence-electron chi connectivity index (χ3n) is 9.59. The number of fused-ring (bicyclic) bond motifs is 1. The minimum atomic E-state index is -0.913. The van der Waals surface area contributed by atoms with Crippen molar-refractivity contribution < 1.29 is 14.7 Å². The van der Waals surface area contributed by atoms with Crippen molar-refractivity contribution >= 4 is 23.4 Å². The summed E-state index contributed by atoms with van der Waals surface area (Å²) in [6.45, 7) is 9.28. The first-order chi connectivity index (χ1) is 20.7. The molecule has 43 heavy (non-hydrogen) atoms. The van der Waals surface area contributed by atoms with Crippen molar-refractivity contribution in [2.75, 3.05) is 26.2 Å². The summed E-state index contributed by atoms with van der Waals surface area (Å²) >= 11 is 6.35. The maximum Gasteiger partial charge on any atom is 0.313 e. The highest BCUT2D eigenvalue weighted by molar-refractivity contribution is 6.31. The largest absolute Gasteiger partial charge is 0.481 e. The molecule has 0 saturated carbocycles. The normalized spacial score (nSPS) is 16.9. The van der Waals surface area contributed by atoms with Gasteiger partial charge in [0.1, 0.15) is 0 Å². The number of hydrogen-bond acceptors (Lipinski definition) is 4. The lowest BCUT2D eigenvalue weighted by molar-refractivity contribution is -0.142. The molecule has 1 saturated heterocycles. The smallest absolute Gasteiger partial charge is 0.313 e. The van der Waals surface area contributed by atoms with E-state index in [1.54, 1.807) is 13.8 Å². The maximum absolute atomic E-state index is 13.1. The van der Waals surface area contributed by atoms with Crippen LogP contribution >= 0.6 is 11.6 Å². The number of nitrogens with zero attached hydrogens (tertiary/aromatic N) is 2. The molecule has 1 fully saturated rings. The molecule has 5 rings (SSSR count). The van der Waals surface area contributed by atoms with Crippen molar-refractivity contribution in [3.8, 4) is 0 Å². The summed E-state index contributed by atoms with van der Waals surface area (Å²) < 4.78 is 0. The van der Waals surface area contributed by atoms with Gasteiger partial charge < -0.3 is 5.11 Å². The van der Waals surface area contributed by atoms with Crippen LogP contribution in [0.3, 0.4) is 0 Å². The molecule has 5 nitrogen and oxygen atoms in total. The number of carboxylic acids is 1. The Morgan fingerprint density at radius 2 is 1.58 bits per heavy atom. The summed E-state index contributed by atoms with van der Waals surface area (Å²) in [4.78, 5) is 29.8. The molecular formula is C37H45ClN2O3. The predicted octanol–water partition coefficient (Wildman–Crippen LogP) is 7.57. The van der Waals surface area contributed by atoms with Crippen LogP contribution in [0.2, 0.25) is 5.02 Å². The van der Waals surface area contributed by atoms with Crippen LogP contribution in [0.25, 0.3) is 0 Å². The molecule has 228 valence electrons. The highest BCUT2D eigenvalue weighted by Crippen LogP contribution is 2.28. The Bertz CT molecular complexity index is 1430. The van der Waals surface area contributed by atoms with Gasteiger partial charge in [-0.05, 0) is 111 Å². The highest BCUT2D eigenvalue weighted by atomic mass is 35.5. The molecule has 0 aromatic heterocycles. The molecule has 6 heteroatoms. The van der Waals surface area contributed by atoms with Crippen LogP contribution in [0.5, 0.6) is 0 Å². The zero-order valence-corrected chi connectivity index (χ0v) is 26.4. The Labute approximate surface area is 261 Å². The van der Waals surface area contributed by atoms with E-state index in [0.29, 0.717) is 12.3 Å². The Balaban J connectivity index is 1.07. The SMILES string of the molecule is CC(C)(C(=O)O)c1cccc(CN2CCc3ccc(C(=O)CCCC4CCN(Cc5ccccc5Cl)CC4)cc3CC2)c1. The average Bonchev–Trinajstić information content (AvgIpc) is 3.21. The van der Waals surface area contributed by atoms with Gasteiger partial charge in [-0.25, -0.2) is 0 Å². The molecule has 2 aliphatic rings. The zero-order chi connectivity index (χ0) is 30.4. The number of ketones is 1. The molecule has 0 bridgehead atoms. The van der Waals surface area contributed by atoms with Gasteiger partial charge in [0, 0.05) is 43.2 Å². The third kappa shape index (κ3) is 8.14. The Morgan fingerprint density at radius 1 is 0.860 bits per heavy atom. The van der Waals surface area contributed by atoms with Gasteiger partial charge in [0.15, 0.2) is 5.78 Å². The summed E-state index contributed by atoms with van der Waals surface area (Å²) in [7, 11) is 0. The van der Waals surface area contributed by atoms with Crippen LogP contribution in [0, 0.1) is 5.92 Å². The van der Waals surface area contributed by atoms with E-state index in [9.17, 15) is 14.7 Å². The van der Waals surface area contributed by atoms with E-state index < -0.39 is 11.4 Å². The van der Waals surface area contributed by atoms with Gasteiger partial charge in [-0.1, -0.05) is 66.2 Å². The van der Waals surface area contributed by atoms with Gasteiger partial charge in [0.05, 0.1) is 5.41 Å². The lowest BCUT2D eigenvalue weighted by Crippen LogP contribution is -2.33. The fraction of sp³-hybridized carbons (Fsp3) is 0.459. The number of halogens is 1. The minimum absolute atomic E-state index is 0.262. The third-order valence-corrected chi connectivity index (χ3v) is 9.96. The Hall–Kier alpha value is -2.99.